The molecule has 0 aromatic rings. The quantitative estimate of drug-likeness (QED) is 0.425. The normalized spacial score (nSPS) is 24.6. The molecule has 3 N–H and O–H groups in total. The molecule has 1 unspecified atom stereocenters. The maximum atomic E-state index is 7.41. The summed E-state index contributed by atoms with van der Waals surface area (Å²) in [5.74, 6) is 0.229. The van der Waals surface area contributed by atoms with Crippen molar-refractivity contribution in [3.63, 3.8) is 0 Å². The van der Waals surface area contributed by atoms with Crippen LogP contribution in [0.15, 0.2) is 0 Å². The Morgan fingerprint density at radius 2 is 2.08 bits per heavy atom. The van der Waals surface area contributed by atoms with Crippen molar-refractivity contribution < 1.29 is 0 Å². The van der Waals surface area contributed by atoms with Crippen LogP contribution in [0.5, 0.6) is 0 Å². The van der Waals surface area contributed by atoms with Gasteiger partial charge in [0.15, 0.2) is 5.96 Å². The van der Waals surface area contributed by atoms with Crippen LogP contribution in [0.25, 0.3) is 0 Å². The molecule has 1 saturated heterocycles. The summed E-state index contributed by atoms with van der Waals surface area (Å²) in [5, 5.41) is 7.41. The summed E-state index contributed by atoms with van der Waals surface area (Å²) in [6.07, 6.45) is 2.34. The largest absolute Gasteiger partial charge is 0.370 e. The van der Waals surface area contributed by atoms with Crippen LogP contribution in [-0.4, -0.2) is 23.4 Å². The van der Waals surface area contributed by atoms with Gasteiger partial charge in [0.25, 0.3) is 0 Å². The van der Waals surface area contributed by atoms with Crippen molar-refractivity contribution in [1.82, 2.24) is 4.90 Å². The van der Waals surface area contributed by atoms with Crippen molar-refractivity contribution in [3.05, 3.63) is 0 Å². The van der Waals surface area contributed by atoms with Crippen molar-refractivity contribution in [2.24, 2.45) is 11.1 Å². The molecule has 0 aliphatic carbocycles. The Bertz CT molecular complexity index is 181. The summed E-state index contributed by atoms with van der Waals surface area (Å²) in [4.78, 5) is 2.01. The lowest BCUT2D eigenvalue weighted by atomic mass is 9.85. The molecule has 0 aromatic carbocycles. The highest BCUT2D eigenvalue weighted by Gasteiger charge is 2.34. The van der Waals surface area contributed by atoms with Gasteiger partial charge in [-0.25, -0.2) is 0 Å². The molecule has 0 amide bonds. The van der Waals surface area contributed by atoms with Gasteiger partial charge < -0.3 is 10.6 Å². The maximum absolute atomic E-state index is 7.41. The molecular weight excluding hydrogens is 150 g/mol. The van der Waals surface area contributed by atoms with E-state index in [4.69, 9.17) is 11.1 Å². The second-order valence-corrected chi connectivity index (χ2v) is 4.60. The van der Waals surface area contributed by atoms with E-state index in [1.807, 2.05) is 4.90 Å². The highest BCUT2D eigenvalue weighted by atomic mass is 15.3. The first kappa shape index (κ1) is 9.36. The van der Waals surface area contributed by atoms with Gasteiger partial charge in [-0.1, -0.05) is 20.8 Å². The molecule has 1 aliphatic heterocycles. The van der Waals surface area contributed by atoms with Crippen LogP contribution >= 0.6 is 0 Å². The van der Waals surface area contributed by atoms with Crippen LogP contribution in [0, 0.1) is 10.8 Å². The number of rotatable bonds is 0. The highest BCUT2D eigenvalue weighted by Crippen LogP contribution is 2.31. The molecule has 3 nitrogen and oxygen atoms in total. The molecule has 0 spiro atoms. The molecule has 0 bridgehead atoms. The SMILES string of the molecule is CC(C)(C)C1CCCN1C(=N)N. The Balaban J connectivity index is 2.71. The zero-order valence-corrected chi connectivity index (χ0v) is 8.22. The molecule has 70 valence electrons. The minimum Gasteiger partial charge on any atom is -0.370 e. The van der Waals surface area contributed by atoms with Crippen LogP contribution in [-0.2, 0) is 0 Å². The number of likely N-dealkylation sites (tertiary alicyclic amines) is 1. The summed E-state index contributed by atoms with van der Waals surface area (Å²) in [5.41, 5.74) is 5.73. The minimum absolute atomic E-state index is 0.229. The summed E-state index contributed by atoms with van der Waals surface area (Å²) < 4.78 is 0. The van der Waals surface area contributed by atoms with E-state index in [9.17, 15) is 0 Å². The third-order valence-electron chi connectivity index (χ3n) is 2.56. The van der Waals surface area contributed by atoms with Gasteiger partial charge >= 0.3 is 0 Å². The van der Waals surface area contributed by atoms with E-state index < -0.39 is 0 Å². The average molecular weight is 169 g/mol. The zero-order chi connectivity index (χ0) is 9.35. The summed E-state index contributed by atoms with van der Waals surface area (Å²) in [6, 6.07) is 0.454. The van der Waals surface area contributed by atoms with Gasteiger partial charge in [0.05, 0.1) is 0 Å². The van der Waals surface area contributed by atoms with Gasteiger partial charge in [-0.2, -0.15) is 0 Å². The Morgan fingerprint density at radius 3 is 2.42 bits per heavy atom. The summed E-state index contributed by atoms with van der Waals surface area (Å²) >= 11 is 0. The fourth-order valence-electron chi connectivity index (χ4n) is 1.96. The van der Waals surface area contributed by atoms with E-state index in [0.717, 1.165) is 6.54 Å². The topological polar surface area (TPSA) is 53.1 Å². The van der Waals surface area contributed by atoms with Gasteiger partial charge in [0, 0.05) is 12.6 Å². The standard InChI is InChI=1S/C9H19N3/c1-9(2,3)7-5-4-6-12(7)8(10)11/h7H,4-6H2,1-3H3,(H3,10,11). The Morgan fingerprint density at radius 1 is 1.50 bits per heavy atom. The van der Waals surface area contributed by atoms with Crippen LogP contribution < -0.4 is 5.73 Å². The van der Waals surface area contributed by atoms with Gasteiger partial charge in [-0.15, -0.1) is 0 Å². The third-order valence-corrected chi connectivity index (χ3v) is 2.56. The smallest absolute Gasteiger partial charge is 0.188 e. The lowest BCUT2D eigenvalue weighted by Gasteiger charge is -2.35. The minimum atomic E-state index is 0.229. The number of nitrogens with zero attached hydrogens (tertiary/aromatic N) is 1. The average Bonchev–Trinajstić information content (AvgIpc) is 2.30. The predicted molar refractivity (Wildman–Crippen MR) is 51.1 cm³/mol. The van der Waals surface area contributed by atoms with E-state index in [0.29, 0.717) is 6.04 Å². The summed E-state index contributed by atoms with van der Waals surface area (Å²) in [7, 11) is 0. The van der Waals surface area contributed by atoms with E-state index in [-0.39, 0.29) is 11.4 Å². The number of hydrogen-bond donors (Lipinski definition) is 2. The molecule has 1 aliphatic rings. The molecule has 1 atom stereocenters. The van der Waals surface area contributed by atoms with Gasteiger partial charge in [-0.05, 0) is 18.3 Å². The van der Waals surface area contributed by atoms with Crippen LogP contribution in [0.1, 0.15) is 33.6 Å². The number of nitrogens with one attached hydrogen (secondary N) is 1. The van der Waals surface area contributed by atoms with Crippen LogP contribution in [0.3, 0.4) is 0 Å². The molecule has 0 aromatic heterocycles. The van der Waals surface area contributed by atoms with Crippen LogP contribution in [0.4, 0.5) is 0 Å². The van der Waals surface area contributed by atoms with Crippen molar-refractivity contribution in [2.45, 2.75) is 39.7 Å². The predicted octanol–water partition coefficient (Wildman–Crippen LogP) is 1.39. The van der Waals surface area contributed by atoms with Crippen LogP contribution in [0.2, 0.25) is 0 Å². The molecule has 1 rings (SSSR count). The maximum Gasteiger partial charge on any atom is 0.188 e. The lowest BCUT2D eigenvalue weighted by Crippen LogP contribution is -2.45. The van der Waals surface area contributed by atoms with E-state index in [1.165, 1.54) is 12.8 Å². The first-order valence-electron chi connectivity index (χ1n) is 4.53. The Kier molecular flexibility index (Phi) is 2.31. The fraction of sp³-hybridized carbons (Fsp3) is 0.889. The second-order valence-electron chi connectivity index (χ2n) is 4.60. The number of hydrogen-bond acceptors (Lipinski definition) is 1. The monoisotopic (exact) mass is 169 g/mol. The van der Waals surface area contributed by atoms with E-state index in [1.54, 1.807) is 0 Å². The molecule has 12 heavy (non-hydrogen) atoms. The third kappa shape index (κ3) is 1.71. The first-order valence-corrected chi connectivity index (χ1v) is 4.53. The summed E-state index contributed by atoms with van der Waals surface area (Å²) in [6.45, 7) is 7.58. The van der Waals surface area contributed by atoms with Gasteiger partial charge in [0.2, 0.25) is 0 Å². The van der Waals surface area contributed by atoms with Gasteiger partial charge in [0.1, 0.15) is 0 Å². The molecule has 1 heterocycles. The Hall–Kier alpha value is -0.730. The van der Waals surface area contributed by atoms with Crippen molar-refractivity contribution in [1.29, 1.82) is 5.41 Å². The second kappa shape index (κ2) is 2.96. The molecule has 1 fully saturated rings. The van der Waals surface area contributed by atoms with Gasteiger partial charge in [-0.3, -0.25) is 5.41 Å². The lowest BCUT2D eigenvalue weighted by molar-refractivity contribution is 0.205. The molecule has 0 saturated carbocycles. The van der Waals surface area contributed by atoms with Crippen molar-refractivity contribution in [3.8, 4) is 0 Å². The highest BCUT2D eigenvalue weighted by molar-refractivity contribution is 5.75. The van der Waals surface area contributed by atoms with E-state index in [2.05, 4.69) is 20.8 Å². The van der Waals surface area contributed by atoms with Crippen molar-refractivity contribution in [2.75, 3.05) is 6.54 Å². The molecule has 3 heteroatoms. The van der Waals surface area contributed by atoms with Crippen molar-refractivity contribution >= 4 is 5.96 Å². The Labute approximate surface area is 74.4 Å². The number of nitrogens with two attached hydrogens (primary N) is 1. The fourth-order valence-corrected chi connectivity index (χ4v) is 1.96. The first-order chi connectivity index (χ1) is 5.43. The van der Waals surface area contributed by atoms with E-state index >= 15 is 0 Å². The molecule has 0 radical (unpaired) electrons. The number of guanidine groups is 1. The zero-order valence-electron chi connectivity index (χ0n) is 8.22. The molecular formula is C9H19N3.